The molecule has 0 spiro atoms. The molecule has 0 amide bonds. The average molecular weight is 528 g/mol. The highest BCUT2D eigenvalue weighted by Crippen LogP contribution is 2.46. The summed E-state index contributed by atoms with van der Waals surface area (Å²) in [6, 6.07) is 9.28. The first kappa shape index (κ1) is 24.9. The molecule has 10 heteroatoms. The van der Waals surface area contributed by atoms with Gasteiger partial charge in [0.05, 0.1) is 30.9 Å². The van der Waals surface area contributed by atoms with Crippen molar-refractivity contribution in [3.8, 4) is 11.3 Å². The number of hydrogen-bond acceptors (Lipinski definition) is 7. The van der Waals surface area contributed by atoms with Gasteiger partial charge in [0.1, 0.15) is 17.3 Å². The molecule has 1 aliphatic carbocycles. The standard InChI is InChI=1S/C28H28F3N3O4/c1-36-27(35)17-10-11-32-24(12-17)34-18-8-9-19(34)14-20(13-18)37-15-22-25(33-38-26(22)16-6-7-16)21-4-2-3-5-23(21)28(29,30)31/h2-5,10-12,16,18-20H,6-9,13-15H2,1H3/t18-,19+,20+. The lowest BCUT2D eigenvalue weighted by atomic mass is 9.98. The Morgan fingerprint density at radius 2 is 1.84 bits per heavy atom. The summed E-state index contributed by atoms with van der Waals surface area (Å²) in [6.07, 6.45) is 2.43. The van der Waals surface area contributed by atoms with Crippen LogP contribution in [0.25, 0.3) is 11.3 Å². The van der Waals surface area contributed by atoms with Gasteiger partial charge in [-0.1, -0.05) is 23.4 Å². The Kier molecular flexibility index (Phi) is 6.37. The molecular formula is C28H28F3N3O4. The minimum Gasteiger partial charge on any atom is -0.465 e. The molecule has 2 bridgehead atoms. The summed E-state index contributed by atoms with van der Waals surface area (Å²) < 4.78 is 58.1. The number of ether oxygens (including phenoxy) is 2. The third kappa shape index (κ3) is 4.66. The van der Waals surface area contributed by atoms with Crippen LogP contribution in [-0.2, 0) is 22.3 Å². The van der Waals surface area contributed by atoms with Gasteiger partial charge >= 0.3 is 12.1 Å². The number of aromatic nitrogens is 2. The zero-order chi connectivity index (χ0) is 26.4. The van der Waals surface area contributed by atoms with E-state index in [-0.39, 0.29) is 42.0 Å². The molecule has 0 N–H and O–H groups in total. The molecule has 4 heterocycles. The molecule has 3 atom stereocenters. The monoisotopic (exact) mass is 527 g/mol. The molecule has 3 aliphatic rings. The predicted octanol–water partition coefficient (Wildman–Crippen LogP) is 6.14. The number of alkyl halides is 3. The van der Waals surface area contributed by atoms with Crippen molar-refractivity contribution in [2.24, 2.45) is 0 Å². The lowest BCUT2D eigenvalue weighted by Crippen LogP contribution is -2.46. The Bertz CT molecular complexity index is 1320. The molecule has 1 aromatic carbocycles. The van der Waals surface area contributed by atoms with Gasteiger partial charge in [0.15, 0.2) is 0 Å². The maximum absolute atomic E-state index is 13.8. The van der Waals surface area contributed by atoms with Crippen LogP contribution in [0, 0.1) is 0 Å². The second-order valence-electron chi connectivity index (χ2n) is 10.3. The van der Waals surface area contributed by atoms with E-state index in [2.05, 4.69) is 15.0 Å². The molecule has 3 fully saturated rings. The number of carbonyl (C=O) groups excluding carboxylic acids is 1. The molecule has 1 saturated carbocycles. The summed E-state index contributed by atoms with van der Waals surface area (Å²) in [7, 11) is 1.35. The average Bonchev–Trinajstić information content (AvgIpc) is 3.62. The number of esters is 1. The topological polar surface area (TPSA) is 77.7 Å². The molecule has 0 unspecified atom stereocenters. The summed E-state index contributed by atoms with van der Waals surface area (Å²) in [5.41, 5.74) is 0.572. The van der Waals surface area contributed by atoms with Crippen LogP contribution in [0.15, 0.2) is 47.1 Å². The number of methoxy groups -OCH3 is 1. The third-order valence-corrected chi connectivity index (χ3v) is 7.84. The fourth-order valence-electron chi connectivity index (χ4n) is 5.92. The van der Waals surface area contributed by atoms with Crippen molar-refractivity contribution in [1.82, 2.24) is 10.1 Å². The molecular weight excluding hydrogens is 499 g/mol. The van der Waals surface area contributed by atoms with E-state index in [1.165, 1.54) is 19.2 Å². The van der Waals surface area contributed by atoms with Crippen molar-refractivity contribution < 1.29 is 32.0 Å². The highest BCUT2D eigenvalue weighted by atomic mass is 19.4. The fraction of sp³-hybridized carbons (Fsp3) is 0.464. The SMILES string of the molecule is COC(=O)c1ccnc(N2[C@@H]3CC[C@H]2C[C@@H](OCc2c(-c4ccccc4C(F)(F)F)noc2C2CC2)C3)c1. The van der Waals surface area contributed by atoms with Crippen molar-refractivity contribution in [2.45, 2.75) is 75.4 Å². The minimum atomic E-state index is -4.50. The molecule has 2 aliphatic heterocycles. The van der Waals surface area contributed by atoms with E-state index in [0.717, 1.165) is 50.4 Å². The van der Waals surface area contributed by atoms with Gasteiger partial charge in [0, 0.05) is 35.3 Å². The zero-order valence-electron chi connectivity index (χ0n) is 20.9. The Morgan fingerprint density at radius 3 is 2.53 bits per heavy atom. The van der Waals surface area contributed by atoms with Gasteiger partial charge in [-0.3, -0.25) is 0 Å². The van der Waals surface area contributed by atoms with E-state index in [9.17, 15) is 18.0 Å². The van der Waals surface area contributed by atoms with Gasteiger partial charge < -0.3 is 18.9 Å². The molecule has 2 saturated heterocycles. The van der Waals surface area contributed by atoms with Crippen LogP contribution in [0.3, 0.4) is 0 Å². The number of nitrogens with zero attached hydrogens (tertiary/aromatic N) is 3. The molecule has 7 nitrogen and oxygen atoms in total. The Labute approximate surface area is 217 Å². The van der Waals surface area contributed by atoms with E-state index in [4.69, 9.17) is 14.0 Å². The van der Waals surface area contributed by atoms with Crippen LogP contribution in [0.5, 0.6) is 0 Å². The van der Waals surface area contributed by atoms with Gasteiger partial charge in [-0.05, 0) is 56.7 Å². The summed E-state index contributed by atoms with van der Waals surface area (Å²) >= 11 is 0. The van der Waals surface area contributed by atoms with Gasteiger partial charge in [0.2, 0.25) is 0 Å². The van der Waals surface area contributed by atoms with E-state index < -0.39 is 17.7 Å². The highest BCUT2D eigenvalue weighted by Gasteiger charge is 2.43. The first-order chi connectivity index (χ1) is 18.3. The summed E-state index contributed by atoms with van der Waals surface area (Å²) in [5.74, 6) is 1.17. The molecule has 38 heavy (non-hydrogen) atoms. The number of piperidine rings is 1. The number of fused-ring (bicyclic) bond motifs is 2. The number of carbonyl (C=O) groups is 1. The van der Waals surface area contributed by atoms with E-state index in [1.807, 2.05) is 0 Å². The van der Waals surface area contributed by atoms with Crippen LogP contribution in [0.1, 0.15) is 71.7 Å². The Morgan fingerprint density at radius 1 is 1.11 bits per heavy atom. The number of benzene rings is 1. The van der Waals surface area contributed by atoms with Gasteiger partial charge in [-0.2, -0.15) is 13.2 Å². The normalized spacial score (nSPS) is 23.1. The Hall–Kier alpha value is -3.40. The highest BCUT2D eigenvalue weighted by molar-refractivity contribution is 5.90. The number of hydrogen-bond donors (Lipinski definition) is 0. The predicted molar refractivity (Wildman–Crippen MR) is 132 cm³/mol. The summed E-state index contributed by atoms with van der Waals surface area (Å²) in [4.78, 5) is 18.8. The Balaban J connectivity index is 1.21. The van der Waals surface area contributed by atoms with Crippen LogP contribution < -0.4 is 4.90 Å². The number of anilines is 1. The van der Waals surface area contributed by atoms with Gasteiger partial charge in [-0.15, -0.1) is 0 Å². The number of rotatable bonds is 7. The lowest BCUT2D eigenvalue weighted by Gasteiger charge is -2.39. The van der Waals surface area contributed by atoms with Crippen LogP contribution in [0.2, 0.25) is 0 Å². The first-order valence-electron chi connectivity index (χ1n) is 12.9. The molecule has 0 radical (unpaired) electrons. The van der Waals surface area contributed by atoms with Crippen molar-refractivity contribution >= 4 is 11.8 Å². The maximum atomic E-state index is 13.8. The quantitative estimate of drug-likeness (QED) is 0.342. The molecule has 3 aromatic rings. The third-order valence-electron chi connectivity index (χ3n) is 7.84. The lowest BCUT2D eigenvalue weighted by molar-refractivity contribution is -0.137. The largest absolute Gasteiger partial charge is 0.465 e. The summed E-state index contributed by atoms with van der Waals surface area (Å²) in [5, 5.41) is 4.10. The molecule has 6 rings (SSSR count). The van der Waals surface area contributed by atoms with Crippen molar-refractivity contribution in [2.75, 3.05) is 12.0 Å². The zero-order valence-corrected chi connectivity index (χ0v) is 20.9. The van der Waals surface area contributed by atoms with Gasteiger partial charge in [-0.25, -0.2) is 9.78 Å². The smallest absolute Gasteiger partial charge is 0.417 e. The molecule has 200 valence electrons. The van der Waals surface area contributed by atoms with E-state index in [1.54, 1.807) is 24.4 Å². The number of pyridine rings is 1. The van der Waals surface area contributed by atoms with Crippen molar-refractivity contribution in [3.05, 3.63) is 65.0 Å². The van der Waals surface area contributed by atoms with E-state index >= 15 is 0 Å². The van der Waals surface area contributed by atoms with Crippen LogP contribution in [0.4, 0.5) is 19.0 Å². The van der Waals surface area contributed by atoms with Crippen molar-refractivity contribution in [1.29, 1.82) is 0 Å². The van der Waals surface area contributed by atoms with Crippen LogP contribution in [-0.4, -0.2) is 41.4 Å². The van der Waals surface area contributed by atoms with E-state index in [0.29, 0.717) is 16.9 Å². The second kappa shape index (κ2) is 9.72. The summed E-state index contributed by atoms with van der Waals surface area (Å²) in [6.45, 7) is 0.150. The fourth-order valence-corrected chi connectivity index (χ4v) is 5.92. The van der Waals surface area contributed by atoms with Crippen LogP contribution >= 0.6 is 0 Å². The molecule has 2 aromatic heterocycles. The van der Waals surface area contributed by atoms with Crippen molar-refractivity contribution in [3.63, 3.8) is 0 Å². The minimum absolute atomic E-state index is 0.0145. The second-order valence-corrected chi connectivity index (χ2v) is 10.3. The first-order valence-corrected chi connectivity index (χ1v) is 12.9. The van der Waals surface area contributed by atoms with Gasteiger partial charge in [0.25, 0.3) is 0 Å². The maximum Gasteiger partial charge on any atom is 0.417 e. The number of halogens is 3.